The van der Waals surface area contributed by atoms with Crippen molar-refractivity contribution in [1.82, 2.24) is 9.88 Å². The fourth-order valence-corrected chi connectivity index (χ4v) is 3.98. The summed E-state index contributed by atoms with van der Waals surface area (Å²) in [6.45, 7) is 10.7. The van der Waals surface area contributed by atoms with E-state index in [-0.39, 0.29) is 5.78 Å². The number of carbonyl (C=O) groups is 1. The normalized spacial score (nSPS) is 15.4. The Balaban J connectivity index is 1.42. The third-order valence-corrected chi connectivity index (χ3v) is 5.79. The van der Waals surface area contributed by atoms with Crippen LogP contribution >= 0.6 is 0 Å². The minimum absolute atomic E-state index is 0.201. The summed E-state index contributed by atoms with van der Waals surface area (Å²) < 4.78 is 0. The van der Waals surface area contributed by atoms with Gasteiger partial charge in [-0.1, -0.05) is 23.8 Å². The molecule has 1 fully saturated rings. The second kappa shape index (κ2) is 7.20. The molecule has 1 aromatic heterocycles. The molecule has 2 heterocycles. The van der Waals surface area contributed by atoms with Gasteiger partial charge in [0.2, 0.25) is 0 Å². The van der Waals surface area contributed by atoms with Crippen molar-refractivity contribution in [2.45, 2.75) is 20.8 Å². The minimum Gasteiger partial charge on any atom is -0.369 e. The van der Waals surface area contributed by atoms with Gasteiger partial charge < -0.3 is 9.88 Å². The van der Waals surface area contributed by atoms with Crippen LogP contribution < -0.4 is 4.90 Å². The average Bonchev–Trinajstić information content (AvgIpc) is 3.08. The molecular formula is C23H27N3O. The standard InChI is InChI=1S/C23H27N3O/c1-16-7-8-21-19(13-16)20(14-24-21)23(27)15-25-9-11-26(12-10-25)22-6-4-5-17(2)18(22)3/h4-8,13-14,24H,9-12,15H2,1-3H3. The zero-order valence-electron chi connectivity index (χ0n) is 16.4. The fourth-order valence-electron chi connectivity index (χ4n) is 3.98. The molecule has 140 valence electrons. The number of anilines is 1. The van der Waals surface area contributed by atoms with Gasteiger partial charge in [0.1, 0.15) is 0 Å². The lowest BCUT2D eigenvalue weighted by atomic mass is 10.1. The van der Waals surface area contributed by atoms with Crippen molar-refractivity contribution >= 4 is 22.4 Å². The summed E-state index contributed by atoms with van der Waals surface area (Å²) in [6.07, 6.45) is 1.86. The number of Topliss-reactive ketones (excluding diaryl/α,β-unsaturated/α-hetero) is 1. The number of hydrogen-bond acceptors (Lipinski definition) is 3. The zero-order valence-corrected chi connectivity index (χ0v) is 16.4. The molecule has 1 aliphatic heterocycles. The smallest absolute Gasteiger partial charge is 0.178 e. The van der Waals surface area contributed by atoms with Crippen molar-refractivity contribution in [3.05, 3.63) is 64.8 Å². The molecule has 0 bridgehead atoms. The summed E-state index contributed by atoms with van der Waals surface area (Å²) in [4.78, 5) is 20.8. The highest BCUT2D eigenvalue weighted by Crippen LogP contribution is 2.24. The van der Waals surface area contributed by atoms with E-state index in [1.165, 1.54) is 22.4 Å². The minimum atomic E-state index is 0.201. The number of benzene rings is 2. The first kappa shape index (κ1) is 17.8. The highest BCUT2D eigenvalue weighted by atomic mass is 16.1. The second-order valence-electron chi connectivity index (χ2n) is 7.66. The highest BCUT2D eigenvalue weighted by molar-refractivity contribution is 6.08. The van der Waals surface area contributed by atoms with E-state index in [0.717, 1.165) is 42.6 Å². The first-order valence-electron chi connectivity index (χ1n) is 9.67. The molecule has 0 spiro atoms. The Morgan fingerprint density at radius 3 is 2.59 bits per heavy atom. The zero-order chi connectivity index (χ0) is 19.0. The van der Waals surface area contributed by atoms with Crippen LogP contribution in [0.5, 0.6) is 0 Å². The van der Waals surface area contributed by atoms with Crippen LogP contribution in [0.2, 0.25) is 0 Å². The number of aryl methyl sites for hydroxylation is 2. The van der Waals surface area contributed by atoms with E-state index in [1.54, 1.807) is 0 Å². The van der Waals surface area contributed by atoms with Crippen LogP contribution in [0.25, 0.3) is 10.9 Å². The molecule has 3 aromatic rings. The molecule has 4 nitrogen and oxygen atoms in total. The number of H-pyrrole nitrogens is 1. The van der Waals surface area contributed by atoms with E-state index in [1.807, 2.05) is 12.3 Å². The summed E-state index contributed by atoms with van der Waals surface area (Å²) >= 11 is 0. The molecular weight excluding hydrogens is 334 g/mol. The number of nitrogens with one attached hydrogen (secondary N) is 1. The van der Waals surface area contributed by atoms with Gasteiger partial charge in [-0.2, -0.15) is 0 Å². The van der Waals surface area contributed by atoms with E-state index in [9.17, 15) is 4.79 Å². The first-order chi connectivity index (χ1) is 13.0. The summed E-state index contributed by atoms with van der Waals surface area (Å²) in [7, 11) is 0. The van der Waals surface area contributed by atoms with Gasteiger partial charge in [-0.3, -0.25) is 9.69 Å². The maximum atomic E-state index is 12.9. The third kappa shape index (κ3) is 3.50. The molecule has 0 atom stereocenters. The van der Waals surface area contributed by atoms with E-state index < -0.39 is 0 Å². The Morgan fingerprint density at radius 2 is 1.81 bits per heavy atom. The molecule has 0 unspecified atom stereocenters. The SMILES string of the molecule is Cc1ccc2[nH]cc(C(=O)CN3CCN(c4cccc(C)c4C)CC3)c2c1. The van der Waals surface area contributed by atoms with Crippen LogP contribution in [0.15, 0.2) is 42.6 Å². The molecule has 4 rings (SSSR count). The molecule has 0 aliphatic carbocycles. The van der Waals surface area contributed by atoms with Gasteiger partial charge in [-0.15, -0.1) is 0 Å². The third-order valence-electron chi connectivity index (χ3n) is 5.79. The van der Waals surface area contributed by atoms with Crippen LogP contribution in [0.4, 0.5) is 5.69 Å². The highest BCUT2D eigenvalue weighted by Gasteiger charge is 2.22. The van der Waals surface area contributed by atoms with Crippen molar-refractivity contribution in [3.8, 4) is 0 Å². The maximum absolute atomic E-state index is 12.9. The number of aromatic amines is 1. The summed E-state index contributed by atoms with van der Waals surface area (Å²) in [5.74, 6) is 0.201. The van der Waals surface area contributed by atoms with Crippen LogP contribution in [-0.2, 0) is 0 Å². The molecule has 27 heavy (non-hydrogen) atoms. The largest absolute Gasteiger partial charge is 0.369 e. The van der Waals surface area contributed by atoms with Gasteiger partial charge in [-0.05, 0) is 50.1 Å². The number of carbonyl (C=O) groups excluding carboxylic acids is 1. The summed E-state index contributed by atoms with van der Waals surface area (Å²) in [5, 5.41) is 1.04. The monoisotopic (exact) mass is 361 g/mol. The van der Waals surface area contributed by atoms with Crippen molar-refractivity contribution in [1.29, 1.82) is 0 Å². The molecule has 1 N–H and O–H groups in total. The quantitative estimate of drug-likeness (QED) is 0.711. The summed E-state index contributed by atoms with van der Waals surface area (Å²) in [5.41, 5.74) is 7.04. The second-order valence-corrected chi connectivity index (χ2v) is 7.66. The Kier molecular flexibility index (Phi) is 4.75. The average molecular weight is 361 g/mol. The first-order valence-corrected chi connectivity index (χ1v) is 9.67. The number of aromatic nitrogens is 1. The molecule has 0 amide bonds. The van der Waals surface area contributed by atoms with Crippen molar-refractivity contribution in [3.63, 3.8) is 0 Å². The van der Waals surface area contributed by atoms with E-state index in [0.29, 0.717) is 6.54 Å². The van der Waals surface area contributed by atoms with Gasteiger partial charge in [0, 0.05) is 54.5 Å². The lowest BCUT2D eigenvalue weighted by Crippen LogP contribution is -2.48. The van der Waals surface area contributed by atoms with Crippen LogP contribution in [-0.4, -0.2) is 48.4 Å². The number of rotatable bonds is 4. The number of hydrogen-bond donors (Lipinski definition) is 1. The van der Waals surface area contributed by atoms with Crippen LogP contribution in [0.3, 0.4) is 0 Å². The van der Waals surface area contributed by atoms with Gasteiger partial charge in [0.05, 0.1) is 6.54 Å². The molecule has 1 saturated heterocycles. The van der Waals surface area contributed by atoms with Crippen LogP contribution in [0.1, 0.15) is 27.0 Å². The van der Waals surface area contributed by atoms with Crippen molar-refractivity contribution in [2.75, 3.05) is 37.6 Å². The molecule has 0 saturated carbocycles. The van der Waals surface area contributed by atoms with Crippen molar-refractivity contribution < 1.29 is 4.79 Å². The molecule has 0 radical (unpaired) electrons. The van der Waals surface area contributed by atoms with E-state index >= 15 is 0 Å². The number of fused-ring (bicyclic) bond motifs is 1. The maximum Gasteiger partial charge on any atom is 0.178 e. The van der Waals surface area contributed by atoms with Crippen LogP contribution in [0, 0.1) is 20.8 Å². The topological polar surface area (TPSA) is 39.3 Å². The van der Waals surface area contributed by atoms with Gasteiger partial charge >= 0.3 is 0 Å². The Bertz CT molecular complexity index is 980. The Labute approximate surface area is 160 Å². The molecule has 1 aliphatic rings. The van der Waals surface area contributed by atoms with Gasteiger partial charge in [-0.25, -0.2) is 0 Å². The van der Waals surface area contributed by atoms with Crippen molar-refractivity contribution in [2.24, 2.45) is 0 Å². The van der Waals surface area contributed by atoms with E-state index in [4.69, 9.17) is 0 Å². The number of ketones is 1. The lowest BCUT2D eigenvalue weighted by Gasteiger charge is -2.36. The predicted molar refractivity (Wildman–Crippen MR) is 112 cm³/mol. The fraction of sp³-hybridized carbons (Fsp3) is 0.348. The summed E-state index contributed by atoms with van der Waals surface area (Å²) in [6, 6.07) is 12.7. The van der Waals surface area contributed by atoms with Gasteiger partial charge in [0.25, 0.3) is 0 Å². The Hall–Kier alpha value is -2.59. The van der Waals surface area contributed by atoms with E-state index in [2.05, 4.69) is 65.9 Å². The Morgan fingerprint density at radius 1 is 1.04 bits per heavy atom. The predicted octanol–water partition coefficient (Wildman–Crippen LogP) is 4.10. The number of nitrogens with zero attached hydrogens (tertiary/aromatic N) is 2. The molecule has 4 heteroatoms. The lowest BCUT2D eigenvalue weighted by molar-refractivity contribution is 0.0928. The number of piperazine rings is 1. The van der Waals surface area contributed by atoms with Gasteiger partial charge in [0.15, 0.2) is 5.78 Å². The molecule has 2 aromatic carbocycles.